The molecule has 2 rings (SSSR count). The second-order valence-corrected chi connectivity index (χ2v) is 7.12. The summed E-state index contributed by atoms with van der Waals surface area (Å²) in [6.45, 7) is 9.44. The monoisotopic (exact) mass is 303 g/mol. The third-order valence-electron chi connectivity index (χ3n) is 4.74. The van der Waals surface area contributed by atoms with Gasteiger partial charge in [0, 0.05) is 25.7 Å². The van der Waals surface area contributed by atoms with Crippen molar-refractivity contribution in [1.82, 2.24) is 10.2 Å². The summed E-state index contributed by atoms with van der Waals surface area (Å²) in [5.41, 5.74) is 8.80. The highest BCUT2D eigenvalue weighted by Crippen LogP contribution is 2.27. The quantitative estimate of drug-likeness (QED) is 0.870. The van der Waals surface area contributed by atoms with Crippen LogP contribution in [-0.4, -0.2) is 43.0 Å². The van der Waals surface area contributed by atoms with Crippen molar-refractivity contribution >= 4 is 5.91 Å². The number of nitrogens with zero attached hydrogens (tertiary/aromatic N) is 1. The number of aryl methyl sites for hydroxylation is 1. The summed E-state index contributed by atoms with van der Waals surface area (Å²) in [6.07, 6.45) is 1.85. The molecule has 1 aromatic rings. The van der Waals surface area contributed by atoms with Gasteiger partial charge in [0.2, 0.25) is 5.91 Å². The maximum atomic E-state index is 12.1. The largest absolute Gasteiger partial charge is 0.355 e. The van der Waals surface area contributed by atoms with Gasteiger partial charge in [0.25, 0.3) is 0 Å². The zero-order chi connectivity index (χ0) is 16.2. The number of amides is 1. The van der Waals surface area contributed by atoms with Gasteiger partial charge in [0.15, 0.2) is 0 Å². The highest BCUT2D eigenvalue weighted by atomic mass is 16.2. The molecule has 4 heteroatoms. The van der Waals surface area contributed by atoms with Gasteiger partial charge in [-0.05, 0) is 36.3 Å². The lowest BCUT2D eigenvalue weighted by molar-refractivity contribution is -0.123. The van der Waals surface area contributed by atoms with Gasteiger partial charge >= 0.3 is 0 Å². The molecule has 1 amide bonds. The van der Waals surface area contributed by atoms with Crippen LogP contribution in [0.2, 0.25) is 0 Å². The van der Waals surface area contributed by atoms with E-state index in [4.69, 9.17) is 5.73 Å². The molecule has 0 spiro atoms. The number of nitrogens with two attached hydrogens (primary N) is 1. The van der Waals surface area contributed by atoms with Crippen LogP contribution in [0.25, 0.3) is 0 Å². The zero-order valence-corrected chi connectivity index (χ0v) is 14.1. The van der Waals surface area contributed by atoms with E-state index >= 15 is 0 Å². The molecule has 0 radical (unpaired) electrons. The summed E-state index contributed by atoms with van der Waals surface area (Å²) < 4.78 is 0. The fourth-order valence-electron chi connectivity index (χ4n) is 3.11. The van der Waals surface area contributed by atoms with Gasteiger partial charge < -0.3 is 11.1 Å². The Hall–Kier alpha value is -1.39. The SMILES string of the molecule is Cc1ccccc1CCNC(=O)CN1CCC(N)C(C)(C)C1. The Morgan fingerprint density at radius 1 is 1.41 bits per heavy atom. The number of rotatable bonds is 5. The highest BCUT2D eigenvalue weighted by Gasteiger charge is 2.33. The second-order valence-electron chi connectivity index (χ2n) is 7.12. The molecule has 4 nitrogen and oxygen atoms in total. The van der Waals surface area contributed by atoms with Gasteiger partial charge in [0.1, 0.15) is 0 Å². The Morgan fingerprint density at radius 2 is 2.14 bits per heavy atom. The number of likely N-dealkylation sites (tertiary alicyclic amines) is 1. The summed E-state index contributed by atoms with van der Waals surface area (Å²) in [7, 11) is 0. The molecule has 1 atom stereocenters. The van der Waals surface area contributed by atoms with Crippen molar-refractivity contribution in [2.45, 2.75) is 39.7 Å². The van der Waals surface area contributed by atoms with E-state index in [1.54, 1.807) is 0 Å². The van der Waals surface area contributed by atoms with Crippen molar-refractivity contribution < 1.29 is 4.79 Å². The van der Waals surface area contributed by atoms with Crippen molar-refractivity contribution in [3.05, 3.63) is 35.4 Å². The van der Waals surface area contributed by atoms with Gasteiger partial charge in [-0.25, -0.2) is 0 Å². The summed E-state index contributed by atoms with van der Waals surface area (Å²) in [5, 5.41) is 3.03. The number of benzene rings is 1. The van der Waals surface area contributed by atoms with Crippen LogP contribution in [-0.2, 0) is 11.2 Å². The number of nitrogens with one attached hydrogen (secondary N) is 1. The minimum absolute atomic E-state index is 0.0830. The predicted octanol–water partition coefficient (Wildman–Crippen LogP) is 1.71. The summed E-state index contributed by atoms with van der Waals surface area (Å²) in [4.78, 5) is 14.3. The van der Waals surface area contributed by atoms with E-state index in [0.29, 0.717) is 13.1 Å². The van der Waals surface area contributed by atoms with Gasteiger partial charge in [-0.2, -0.15) is 0 Å². The Bertz CT molecular complexity index is 513. The van der Waals surface area contributed by atoms with Crippen LogP contribution in [0.1, 0.15) is 31.4 Å². The first kappa shape index (κ1) is 17.0. The lowest BCUT2D eigenvalue weighted by Crippen LogP contribution is -2.54. The van der Waals surface area contributed by atoms with Gasteiger partial charge in [-0.15, -0.1) is 0 Å². The van der Waals surface area contributed by atoms with E-state index < -0.39 is 0 Å². The molecule has 3 N–H and O–H groups in total. The van der Waals surface area contributed by atoms with Gasteiger partial charge in [-0.3, -0.25) is 9.69 Å². The van der Waals surface area contributed by atoms with Crippen LogP contribution < -0.4 is 11.1 Å². The highest BCUT2D eigenvalue weighted by molar-refractivity contribution is 5.78. The molecule has 0 bridgehead atoms. The number of carbonyl (C=O) groups excluding carboxylic acids is 1. The fraction of sp³-hybridized carbons (Fsp3) is 0.611. The van der Waals surface area contributed by atoms with E-state index in [1.807, 2.05) is 12.1 Å². The molecule has 1 saturated heterocycles. The Labute approximate surface area is 134 Å². The summed E-state index contributed by atoms with van der Waals surface area (Å²) >= 11 is 0. The van der Waals surface area contributed by atoms with E-state index in [2.05, 4.69) is 43.1 Å². The standard InChI is InChI=1S/C18H29N3O/c1-14-6-4-5-7-15(14)8-10-20-17(22)12-21-11-9-16(19)18(2,3)13-21/h4-7,16H,8-13,19H2,1-3H3,(H,20,22). The molecular formula is C18H29N3O. The van der Waals surface area contributed by atoms with Crippen molar-refractivity contribution in [2.24, 2.45) is 11.1 Å². The molecule has 0 aromatic heterocycles. The van der Waals surface area contributed by atoms with Crippen LogP contribution in [0.15, 0.2) is 24.3 Å². The van der Waals surface area contributed by atoms with Gasteiger partial charge in [-0.1, -0.05) is 38.1 Å². The van der Waals surface area contributed by atoms with Crippen LogP contribution in [0.4, 0.5) is 0 Å². The molecule has 1 fully saturated rings. The van der Waals surface area contributed by atoms with E-state index in [9.17, 15) is 4.79 Å². The average Bonchev–Trinajstić information content (AvgIpc) is 2.45. The molecule has 22 heavy (non-hydrogen) atoms. The molecular weight excluding hydrogens is 274 g/mol. The average molecular weight is 303 g/mol. The zero-order valence-electron chi connectivity index (χ0n) is 14.1. The van der Waals surface area contributed by atoms with Crippen molar-refractivity contribution in [2.75, 3.05) is 26.2 Å². The maximum absolute atomic E-state index is 12.1. The molecule has 0 aliphatic carbocycles. The van der Waals surface area contributed by atoms with E-state index in [0.717, 1.165) is 25.9 Å². The molecule has 0 saturated carbocycles. The van der Waals surface area contributed by atoms with Crippen molar-refractivity contribution in [1.29, 1.82) is 0 Å². The minimum Gasteiger partial charge on any atom is -0.355 e. The molecule has 1 aliphatic heterocycles. The number of hydrogen-bond donors (Lipinski definition) is 2. The molecule has 1 unspecified atom stereocenters. The summed E-state index contributed by atoms with van der Waals surface area (Å²) in [5.74, 6) is 0.111. The minimum atomic E-state index is 0.0830. The second kappa shape index (κ2) is 7.25. The molecule has 1 heterocycles. The Morgan fingerprint density at radius 3 is 2.82 bits per heavy atom. The Kier molecular flexibility index (Phi) is 5.59. The van der Waals surface area contributed by atoms with Crippen LogP contribution in [0.5, 0.6) is 0 Å². The fourth-order valence-corrected chi connectivity index (χ4v) is 3.11. The predicted molar refractivity (Wildman–Crippen MR) is 90.7 cm³/mol. The molecule has 1 aliphatic rings. The van der Waals surface area contributed by atoms with E-state index in [-0.39, 0.29) is 17.4 Å². The smallest absolute Gasteiger partial charge is 0.234 e. The van der Waals surface area contributed by atoms with Crippen LogP contribution >= 0.6 is 0 Å². The van der Waals surface area contributed by atoms with Crippen molar-refractivity contribution in [3.8, 4) is 0 Å². The molecule has 1 aromatic carbocycles. The first-order valence-corrected chi connectivity index (χ1v) is 8.17. The van der Waals surface area contributed by atoms with Crippen molar-refractivity contribution in [3.63, 3.8) is 0 Å². The normalized spacial score (nSPS) is 21.5. The maximum Gasteiger partial charge on any atom is 0.234 e. The third-order valence-corrected chi connectivity index (χ3v) is 4.74. The van der Waals surface area contributed by atoms with E-state index in [1.165, 1.54) is 11.1 Å². The molecule has 122 valence electrons. The van der Waals surface area contributed by atoms with Crippen LogP contribution in [0, 0.1) is 12.3 Å². The van der Waals surface area contributed by atoms with Gasteiger partial charge in [0.05, 0.1) is 6.54 Å². The number of carbonyl (C=O) groups is 1. The Balaban J connectivity index is 1.73. The topological polar surface area (TPSA) is 58.4 Å². The first-order chi connectivity index (χ1) is 10.4. The lowest BCUT2D eigenvalue weighted by Gasteiger charge is -2.42. The summed E-state index contributed by atoms with van der Waals surface area (Å²) in [6, 6.07) is 8.54. The third kappa shape index (κ3) is 4.55. The first-order valence-electron chi connectivity index (χ1n) is 8.17. The number of hydrogen-bond acceptors (Lipinski definition) is 3. The number of piperidine rings is 1. The lowest BCUT2D eigenvalue weighted by atomic mass is 9.80. The van der Waals surface area contributed by atoms with Crippen LogP contribution in [0.3, 0.4) is 0 Å².